The summed E-state index contributed by atoms with van der Waals surface area (Å²) in [6, 6.07) is 28.1. The Kier molecular flexibility index (Phi) is 5.71. The molecule has 0 radical (unpaired) electrons. The van der Waals surface area contributed by atoms with Crippen LogP contribution in [0, 0.1) is 0 Å². The second-order valence-electron chi connectivity index (χ2n) is 6.68. The Balaban J connectivity index is 1.47. The zero-order valence-electron chi connectivity index (χ0n) is 16.2. The quantitative estimate of drug-likeness (QED) is 0.360. The number of phenolic OH excluding ortho intramolecular Hbond substituents is 1. The Bertz CT molecular complexity index is 1210. The molecule has 4 rings (SSSR count). The van der Waals surface area contributed by atoms with Crippen LogP contribution in [-0.2, 0) is 6.61 Å². The molecule has 4 aromatic rings. The van der Waals surface area contributed by atoms with Gasteiger partial charge in [0.05, 0.1) is 11.8 Å². The molecular weight excluding hydrogens is 376 g/mol. The van der Waals surface area contributed by atoms with Crippen LogP contribution in [0.25, 0.3) is 10.8 Å². The number of nitrogens with zero attached hydrogens (tertiary/aromatic N) is 1. The van der Waals surface area contributed by atoms with Crippen molar-refractivity contribution < 1.29 is 14.6 Å². The van der Waals surface area contributed by atoms with E-state index in [0.29, 0.717) is 12.4 Å². The average Bonchev–Trinajstić information content (AvgIpc) is 2.78. The third-order valence-electron chi connectivity index (χ3n) is 4.70. The second kappa shape index (κ2) is 8.92. The van der Waals surface area contributed by atoms with E-state index in [1.807, 2.05) is 48.5 Å². The number of rotatable bonds is 6. The molecule has 0 bridgehead atoms. The van der Waals surface area contributed by atoms with Crippen molar-refractivity contribution in [2.45, 2.75) is 6.61 Å². The fraction of sp³-hybridized carbons (Fsp3) is 0.0400. The molecule has 0 saturated carbocycles. The van der Waals surface area contributed by atoms with Crippen LogP contribution in [0.1, 0.15) is 21.5 Å². The first kappa shape index (κ1) is 19.2. The maximum absolute atomic E-state index is 12.2. The van der Waals surface area contributed by atoms with Gasteiger partial charge in [0.15, 0.2) is 0 Å². The van der Waals surface area contributed by atoms with Crippen LogP contribution in [0.4, 0.5) is 0 Å². The Hall–Kier alpha value is -4.12. The highest BCUT2D eigenvalue weighted by Crippen LogP contribution is 2.22. The summed E-state index contributed by atoms with van der Waals surface area (Å²) < 4.78 is 6.05. The molecule has 0 fully saturated rings. The fourth-order valence-corrected chi connectivity index (χ4v) is 3.18. The molecule has 0 atom stereocenters. The molecule has 0 aliphatic rings. The van der Waals surface area contributed by atoms with E-state index in [1.165, 1.54) is 23.7 Å². The highest BCUT2D eigenvalue weighted by molar-refractivity contribution is 5.97. The third kappa shape index (κ3) is 4.31. The summed E-state index contributed by atoms with van der Waals surface area (Å²) in [5.41, 5.74) is 4.41. The summed E-state index contributed by atoms with van der Waals surface area (Å²) in [6.45, 7) is 0.413. The van der Waals surface area contributed by atoms with Crippen molar-refractivity contribution in [2.75, 3.05) is 0 Å². The zero-order valence-corrected chi connectivity index (χ0v) is 16.2. The number of hydrogen-bond donors (Lipinski definition) is 2. The van der Waals surface area contributed by atoms with Crippen LogP contribution in [0.5, 0.6) is 11.5 Å². The smallest absolute Gasteiger partial charge is 0.275 e. The van der Waals surface area contributed by atoms with Gasteiger partial charge in [0, 0.05) is 5.56 Å². The molecule has 0 saturated heterocycles. The first-order chi connectivity index (χ1) is 14.7. The molecule has 4 aromatic carbocycles. The molecule has 5 nitrogen and oxygen atoms in total. The van der Waals surface area contributed by atoms with Gasteiger partial charge in [-0.15, -0.1) is 0 Å². The van der Waals surface area contributed by atoms with Crippen LogP contribution >= 0.6 is 0 Å². The van der Waals surface area contributed by atoms with Crippen LogP contribution in [0.3, 0.4) is 0 Å². The van der Waals surface area contributed by atoms with E-state index in [4.69, 9.17) is 4.74 Å². The topological polar surface area (TPSA) is 70.9 Å². The van der Waals surface area contributed by atoms with Gasteiger partial charge < -0.3 is 9.84 Å². The summed E-state index contributed by atoms with van der Waals surface area (Å²) in [5, 5.41) is 16.1. The predicted molar refractivity (Wildman–Crippen MR) is 118 cm³/mol. The Morgan fingerprint density at radius 3 is 2.53 bits per heavy atom. The average molecular weight is 396 g/mol. The lowest BCUT2D eigenvalue weighted by Crippen LogP contribution is -2.17. The maximum Gasteiger partial charge on any atom is 0.275 e. The van der Waals surface area contributed by atoms with Gasteiger partial charge in [-0.1, -0.05) is 66.7 Å². The van der Waals surface area contributed by atoms with Gasteiger partial charge in [-0.2, -0.15) is 5.10 Å². The number of fused-ring (bicyclic) bond motifs is 1. The summed E-state index contributed by atoms with van der Waals surface area (Å²) in [7, 11) is 0. The van der Waals surface area contributed by atoms with Crippen LogP contribution in [0.2, 0.25) is 0 Å². The van der Waals surface area contributed by atoms with Gasteiger partial charge in [0.1, 0.15) is 18.1 Å². The number of ether oxygens (including phenoxy) is 1. The Morgan fingerprint density at radius 1 is 0.900 bits per heavy atom. The van der Waals surface area contributed by atoms with Gasteiger partial charge in [0.25, 0.3) is 5.91 Å². The molecule has 0 heterocycles. The van der Waals surface area contributed by atoms with E-state index in [1.54, 1.807) is 12.1 Å². The number of amides is 1. The fourth-order valence-electron chi connectivity index (χ4n) is 3.18. The number of nitrogens with one attached hydrogen (secondary N) is 1. The van der Waals surface area contributed by atoms with E-state index in [0.717, 1.165) is 16.5 Å². The van der Waals surface area contributed by atoms with Crippen molar-refractivity contribution in [1.29, 1.82) is 0 Å². The normalized spacial score (nSPS) is 10.9. The first-order valence-corrected chi connectivity index (χ1v) is 9.52. The molecule has 0 spiro atoms. The predicted octanol–water partition coefficient (Wildman–Crippen LogP) is 4.89. The molecule has 5 heteroatoms. The third-order valence-corrected chi connectivity index (χ3v) is 4.70. The van der Waals surface area contributed by atoms with E-state index in [2.05, 4.69) is 28.7 Å². The second-order valence-corrected chi connectivity index (χ2v) is 6.68. The van der Waals surface area contributed by atoms with E-state index in [-0.39, 0.29) is 11.3 Å². The molecule has 0 aromatic heterocycles. The number of benzene rings is 4. The zero-order chi connectivity index (χ0) is 20.8. The van der Waals surface area contributed by atoms with Crippen molar-refractivity contribution in [1.82, 2.24) is 5.43 Å². The molecule has 0 aliphatic heterocycles. The van der Waals surface area contributed by atoms with Gasteiger partial charge >= 0.3 is 0 Å². The van der Waals surface area contributed by atoms with Crippen molar-refractivity contribution in [3.05, 3.63) is 108 Å². The minimum absolute atomic E-state index is 0.0935. The lowest BCUT2D eigenvalue weighted by atomic mass is 10.1. The van der Waals surface area contributed by atoms with Crippen molar-refractivity contribution in [3.63, 3.8) is 0 Å². The van der Waals surface area contributed by atoms with E-state index in [9.17, 15) is 9.90 Å². The van der Waals surface area contributed by atoms with Crippen LogP contribution in [0.15, 0.2) is 96.1 Å². The monoisotopic (exact) mass is 396 g/mol. The number of para-hydroxylation sites is 2. The van der Waals surface area contributed by atoms with E-state index < -0.39 is 5.91 Å². The molecule has 2 N–H and O–H groups in total. The number of phenols is 1. The highest BCUT2D eigenvalue weighted by Gasteiger charge is 2.09. The minimum atomic E-state index is -0.487. The SMILES string of the molecule is O=C(N/N=C/c1ccccc1OCc1cccc2ccccc12)c1ccccc1O. The molecule has 1 amide bonds. The first-order valence-electron chi connectivity index (χ1n) is 9.52. The standard InChI is InChI=1S/C25H20N2O3/c28-23-14-5-4-13-22(23)25(29)27-26-16-19-9-2-6-15-24(19)30-17-20-11-7-10-18-8-1-3-12-21(18)20/h1-16,28H,17H2,(H,27,29)/b26-16+. The van der Waals surface area contributed by atoms with Crippen molar-refractivity contribution in [3.8, 4) is 11.5 Å². The molecule has 0 unspecified atom stereocenters. The summed E-state index contributed by atoms with van der Waals surface area (Å²) in [6.07, 6.45) is 1.52. The molecule has 0 aliphatic carbocycles. The largest absolute Gasteiger partial charge is 0.507 e. The van der Waals surface area contributed by atoms with Crippen molar-refractivity contribution >= 4 is 22.9 Å². The lowest BCUT2D eigenvalue weighted by Gasteiger charge is -2.11. The molecular formula is C25H20N2O3. The van der Waals surface area contributed by atoms with Crippen LogP contribution in [-0.4, -0.2) is 17.2 Å². The highest BCUT2D eigenvalue weighted by atomic mass is 16.5. The molecule has 148 valence electrons. The Morgan fingerprint density at radius 2 is 1.63 bits per heavy atom. The van der Waals surface area contributed by atoms with Crippen molar-refractivity contribution in [2.24, 2.45) is 5.10 Å². The van der Waals surface area contributed by atoms with Crippen LogP contribution < -0.4 is 10.2 Å². The van der Waals surface area contributed by atoms with Gasteiger partial charge in [-0.3, -0.25) is 4.79 Å². The number of hydrazone groups is 1. The number of hydrogen-bond acceptors (Lipinski definition) is 4. The van der Waals surface area contributed by atoms with Gasteiger partial charge in [-0.05, 0) is 40.6 Å². The summed E-state index contributed by atoms with van der Waals surface area (Å²) >= 11 is 0. The minimum Gasteiger partial charge on any atom is -0.507 e. The number of aromatic hydroxyl groups is 1. The number of carbonyl (C=O) groups is 1. The lowest BCUT2D eigenvalue weighted by molar-refractivity contribution is 0.0952. The molecule has 30 heavy (non-hydrogen) atoms. The number of carbonyl (C=O) groups excluding carboxylic acids is 1. The maximum atomic E-state index is 12.2. The van der Waals surface area contributed by atoms with Gasteiger partial charge in [-0.25, -0.2) is 5.43 Å². The van der Waals surface area contributed by atoms with Gasteiger partial charge in [0.2, 0.25) is 0 Å². The summed E-state index contributed by atoms with van der Waals surface area (Å²) in [5.74, 6) is 0.0773. The Labute approximate surface area is 174 Å². The van der Waals surface area contributed by atoms with E-state index >= 15 is 0 Å². The summed E-state index contributed by atoms with van der Waals surface area (Å²) in [4.78, 5) is 12.2.